The number of carbonyl (C=O) groups excluding carboxylic acids is 3. The largest absolute Gasteiger partial charge is 0.510 e. The van der Waals surface area contributed by atoms with Crippen molar-refractivity contribution in [2.75, 3.05) is 20.6 Å². The average molecular weight is 676 g/mol. The number of fused-ring (bicyclic) bond motifs is 5. The highest BCUT2D eigenvalue weighted by atomic mass is 19.4. The van der Waals surface area contributed by atoms with Crippen LogP contribution in [0.4, 0.5) is 13.2 Å². The number of phenols is 1. The Hall–Kier alpha value is -3.42. The second-order valence-corrected chi connectivity index (χ2v) is 15.4. The molecule has 262 valence electrons. The minimum absolute atomic E-state index is 0.0166. The lowest BCUT2D eigenvalue weighted by molar-refractivity contribution is -0.148. The van der Waals surface area contributed by atoms with Gasteiger partial charge >= 0.3 is 6.18 Å². The molecule has 2 bridgehead atoms. The van der Waals surface area contributed by atoms with Gasteiger partial charge < -0.3 is 26.2 Å². The van der Waals surface area contributed by atoms with Crippen LogP contribution < -0.4 is 5.73 Å². The minimum Gasteiger partial charge on any atom is -0.510 e. The lowest BCUT2D eigenvalue weighted by atomic mass is 9.58. The third kappa shape index (κ3) is 4.38. The van der Waals surface area contributed by atoms with Crippen molar-refractivity contribution in [2.45, 2.75) is 90.2 Å². The van der Waals surface area contributed by atoms with E-state index in [1.807, 2.05) is 11.8 Å². The van der Waals surface area contributed by atoms with Crippen molar-refractivity contribution >= 4 is 17.5 Å². The van der Waals surface area contributed by atoms with E-state index >= 15 is 13.2 Å². The van der Waals surface area contributed by atoms with Crippen LogP contribution in [-0.2, 0) is 28.7 Å². The van der Waals surface area contributed by atoms with E-state index in [0.717, 1.165) is 25.3 Å². The first-order valence-electron chi connectivity index (χ1n) is 16.5. The molecule has 1 amide bonds. The molecule has 0 aliphatic heterocycles. The van der Waals surface area contributed by atoms with Crippen LogP contribution in [0.25, 0.3) is 0 Å². The third-order valence-corrected chi connectivity index (χ3v) is 13.1. The fraction of sp³-hybridized carbons (Fsp3) is 0.629. The number of aliphatic hydroxyl groups is 3. The Balaban J connectivity index is 1.48. The molecular formula is C35H44F3N3O7. The fourth-order valence-corrected chi connectivity index (χ4v) is 10.2. The summed E-state index contributed by atoms with van der Waals surface area (Å²) in [6.07, 6.45) is -2.74. The molecule has 48 heavy (non-hydrogen) atoms. The number of likely N-dealkylation sites (N-methyl/N-ethyl adjacent to an activating group) is 1. The number of phenolic OH excluding ortho intramolecular Hbond substituents is 1. The van der Waals surface area contributed by atoms with Crippen molar-refractivity contribution in [3.05, 3.63) is 51.0 Å². The van der Waals surface area contributed by atoms with Crippen molar-refractivity contribution in [2.24, 2.45) is 34.3 Å². The number of alkyl halides is 3. The number of primary amides is 1. The van der Waals surface area contributed by atoms with Gasteiger partial charge in [0.15, 0.2) is 11.4 Å². The van der Waals surface area contributed by atoms with Gasteiger partial charge in [0.1, 0.15) is 22.8 Å². The number of nitrogens with zero attached hydrogens (tertiary/aromatic N) is 2. The number of amides is 1. The van der Waals surface area contributed by atoms with Gasteiger partial charge in [-0.3, -0.25) is 24.2 Å². The maximum Gasteiger partial charge on any atom is 0.417 e. The Kier molecular flexibility index (Phi) is 7.74. The monoisotopic (exact) mass is 675 g/mol. The Morgan fingerprint density at radius 2 is 1.75 bits per heavy atom. The minimum atomic E-state index is -4.91. The summed E-state index contributed by atoms with van der Waals surface area (Å²) in [7, 11) is 2.97. The van der Waals surface area contributed by atoms with E-state index in [4.69, 9.17) is 5.73 Å². The molecule has 1 aromatic carbocycles. The van der Waals surface area contributed by atoms with Gasteiger partial charge in [0.25, 0.3) is 5.91 Å². The van der Waals surface area contributed by atoms with E-state index in [-0.39, 0.29) is 35.4 Å². The van der Waals surface area contributed by atoms with Crippen molar-refractivity contribution in [3.63, 3.8) is 0 Å². The summed E-state index contributed by atoms with van der Waals surface area (Å²) in [5.74, 6) is -8.49. The van der Waals surface area contributed by atoms with E-state index in [2.05, 4.69) is 20.8 Å². The second-order valence-electron chi connectivity index (χ2n) is 15.4. The molecule has 0 saturated heterocycles. The first-order valence-corrected chi connectivity index (χ1v) is 16.5. The van der Waals surface area contributed by atoms with Crippen LogP contribution in [0.3, 0.4) is 0 Å². The van der Waals surface area contributed by atoms with Gasteiger partial charge in [-0.05, 0) is 92.6 Å². The third-order valence-electron chi connectivity index (χ3n) is 13.1. The molecule has 0 aromatic heterocycles. The number of aromatic hydroxyl groups is 1. The van der Waals surface area contributed by atoms with Crippen LogP contribution >= 0.6 is 0 Å². The van der Waals surface area contributed by atoms with Gasteiger partial charge in [0.2, 0.25) is 5.78 Å². The Labute approximate surface area is 277 Å². The molecule has 1 aromatic rings. The first kappa shape index (κ1) is 34.4. The van der Waals surface area contributed by atoms with Crippen molar-refractivity contribution in [1.82, 2.24) is 9.80 Å². The maximum absolute atomic E-state index is 15.1. The zero-order chi connectivity index (χ0) is 35.6. The standard InChI is InChI=1S/C35H44F3N3O7/c1-7-41(21-13-17-8-9-33(21,4)32(17,2)3)14-16-12-20(42)23-18(25(16)35(36,37)38)10-15-11-19-26(40(5)6)28(44)24(31(39)47)30(46)34(19,48)29(45)22(15)27(23)43/h12,15,17,19,21,26,42,44-45,48H,7-11,13-14H2,1-6H3,(H2,39,47)/t15-,17?,19-,21-,26-,33?,34-/m0/s1. The number of nitrogens with two attached hydrogens (primary N) is 1. The van der Waals surface area contributed by atoms with Gasteiger partial charge in [-0.25, -0.2) is 0 Å². The predicted octanol–water partition coefficient (Wildman–Crippen LogP) is 4.18. The molecule has 0 radical (unpaired) electrons. The smallest absolute Gasteiger partial charge is 0.417 e. The summed E-state index contributed by atoms with van der Waals surface area (Å²) in [6, 6.07) is -0.249. The van der Waals surface area contributed by atoms with E-state index in [1.54, 1.807) is 0 Å². The predicted molar refractivity (Wildman–Crippen MR) is 168 cm³/mol. The maximum atomic E-state index is 15.1. The van der Waals surface area contributed by atoms with Gasteiger partial charge in [-0.2, -0.15) is 13.2 Å². The van der Waals surface area contributed by atoms with Gasteiger partial charge in [-0.15, -0.1) is 0 Å². The molecule has 5 aliphatic carbocycles. The molecule has 6 N–H and O–H groups in total. The van der Waals surface area contributed by atoms with Crippen molar-refractivity contribution in [1.29, 1.82) is 0 Å². The molecule has 2 fully saturated rings. The topological polar surface area (TPSA) is 165 Å². The second kappa shape index (κ2) is 10.8. The molecule has 10 nitrogen and oxygen atoms in total. The highest BCUT2D eigenvalue weighted by Gasteiger charge is 2.64. The number of halogens is 3. The molecule has 7 atom stereocenters. The van der Waals surface area contributed by atoms with Crippen LogP contribution in [-0.4, -0.2) is 86.0 Å². The molecule has 0 spiro atoms. The molecule has 2 unspecified atom stereocenters. The summed E-state index contributed by atoms with van der Waals surface area (Å²) in [6.45, 7) is 8.95. The fourth-order valence-electron chi connectivity index (χ4n) is 10.2. The van der Waals surface area contributed by atoms with Crippen LogP contribution in [0.1, 0.15) is 80.4 Å². The Bertz CT molecular complexity index is 1700. The Morgan fingerprint density at radius 3 is 2.25 bits per heavy atom. The van der Waals surface area contributed by atoms with E-state index in [9.17, 15) is 34.8 Å². The number of rotatable bonds is 6. The molecule has 5 aliphatic rings. The van der Waals surface area contributed by atoms with Gasteiger partial charge in [0.05, 0.1) is 17.2 Å². The Morgan fingerprint density at radius 1 is 1.10 bits per heavy atom. The number of hydrogen-bond donors (Lipinski definition) is 5. The first-order chi connectivity index (χ1) is 22.1. The SMILES string of the molecule is CCN(Cc1cc(O)c2c(c1C(F)(F)F)C[C@H]1C[C@H]3[C@H](N(C)C)C(O)=C(C(N)=O)C(=O)[C@@]3(O)C(O)=C1C2=O)[C@H]1CC2CCC1(C)C2(C)C. The molecule has 6 rings (SSSR count). The van der Waals surface area contributed by atoms with Gasteiger partial charge in [0, 0.05) is 24.1 Å². The van der Waals surface area contributed by atoms with Crippen LogP contribution in [0.2, 0.25) is 0 Å². The number of Topliss-reactive ketones (excluding diaryl/α,β-unsaturated/α-hetero) is 2. The lowest BCUT2D eigenvalue weighted by Crippen LogP contribution is -2.63. The summed E-state index contributed by atoms with van der Waals surface area (Å²) in [5.41, 5.74) is -1.30. The highest BCUT2D eigenvalue weighted by molar-refractivity contribution is 6.24. The molecular weight excluding hydrogens is 631 g/mol. The molecule has 0 heterocycles. The highest BCUT2D eigenvalue weighted by Crippen LogP contribution is 2.67. The summed E-state index contributed by atoms with van der Waals surface area (Å²) < 4.78 is 45.4. The van der Waals surface area contributed by atoms with E-state index in [1.165, 1.54) is 19.0 Å². The number of hydrogen-bond acceptors (Lipinski definition) is 9. The van der Waals surface area contributed by atoms with Crippen molar-refractivity contribution < 1.29 is 48.0 Å². The summed E-state index contributed by atoms with van der Waals surface area (Å²) in [4.78, 5) is 43.2. The van der Waals surface area contributed by atoms with Gasteiger partial charge in [-0.1, -0.05) is 27.7 Å². The van der Waals surface area contributed by atoms with Crippen LogP contribution in [0, 0.1) is 28.6 Å². The molecule has 13 heteroatoms. The summed E-state index contributed by atoms with van der Waals surface area (Å²) >= 11 is 0. The number of carbonyl (C=O) groups is 3. The van der Waals surface area contributed by atoms with Crippen LogP contribution in [0.15, 0.2) is 28.7 Å². The van der Waals surface area contributed by atoms with E-state index in [0.29, 0.717) is 12.5 Å². The quantitative estimate of drug-likeness (QED) is 0.278. The summed E-state index contributed by atoms with van der Waals surface area (Å²) in [5, 5.41) is 45.4. The van der Waals surface area contributed by atoms with Crippen LogP contribution in [0.5, 0.6) is 5.75 Å². The number of ketones is 2. The van der Waals surface area contributed by atoms with Crippen molar-refractivity contribution in [3.8, 4) is 5.75 Å². The average Bonchev–Trinajstić information content (AvgIpc) is 3.30. The zero-order valence-electron chi connectivity index (χ0n) is 28.0. The normalized spacial score (nSPS) is 34.2. The molecule has 2 saturated carbocycles. The van der Waals surface area contributed by atoms with E-state index < -0.39 is 98.7 Å². The zero-order valence-corrected chi connectivity index (χ0v) is 28.0. The number of benzene rings is 1. The lowest BCUT2D eigenvalue weighted by Gasteiger charge is -2.50. The number of allylic oxidation sites excluding steroid dienone is 1. The number of aliphatic hydroxyl groups excluding tert-OH is 2.